The SMILES string of the molecule is CCC(C)C(C)NC(=O)c1c(N)n[nH]c1C. The highest BCUT2D eigenvalue weighted by Crippen LogP contribution is 2.13. The van der Waals surface area contributed by atoms with Gasteiger partial charge in [-0.25, -0.2) is 0 Å². The van der Waals surface area contributed by atoms with Crippen LogP contribution in [0.25, 0.3) is 0 Å². The number of H-pyrrole nitrogens is 1. The summed E-state index contributed by atoms with van der Waals surface area (Å²) in [6.45, 7) is 7.99. The minimum atomic E-state index is -0.156. The summed E-state index contributed by atoms with van der Waals surface area (Å²) in [6, 6.07) is 0.131. The van der Waals surface area contributed by atoms with Crippen molar-refractivity contribution in [1.29, 1.82) is 0 Å². The van der Waals surface area contributed by atoms with Crippen LogP contribution >= 0.6 is 0 Å². The lowest BCUT2D eigenvalue weighted by Gasteiger charge is -2.19. The molecule has 16 heavy (non-hydrogen) atoms. The molecule has 0 aromatic carbocycles. The highest BCUT2D eigenvalue weighted by atomic mass is 16.1. The Balaban J connectivity index is 2.73. The molecule has 0 radical (unpaired) electrons. The lowest BCUT2D eigenvalue weighted by atomic mass is 10.0. The number of nitrogens with zero attached hydrogens (tertiary/aromatic N) is 1. The molecule has 0 aliphatic carbocycles. The number of carbonyl (C=O) groups is 1. The molecule has 0 aliphatic heterocycles. The normalized spacial score (nSPS) is 14.5. The molecule has 2 unspecified atom stereocenters. The molecule has 0 spiro atoms. The second-order valence-electron chi connectivity index (χ2n) is 4.26. The zero-order chi connectivity index (χ0) is 12.3. The summed E-state index contributed by atoms with van der Waals surface area (Å²) in [7, 11) is 0. The number of carbonyl (C=O) groups excluding carboxylic acids is 1. The Bertz CT molecular complexity index is 353. The van der Waals surface area contributed by atoms with Gasteiger partial charge in [-0.05, 0) is 19.8 Å². The smallest absolute Gasteiger partial charge is 0.257 e. The van der Waals surface area contributed by atoms with Crippen molar-refractivity contribution in [2.75, 3.05) is 5.73 Å². The summed E-state index contributed by atoms with van der Waals surface area (Å²) in [5.41, 5.74) is 6.78. The van der Waals surface area contributed by atoms with Gasteiger partial charge in [-0.1, -0.05) is 20.3 Å². The van der Waals surface area contributed by atoms with Gasteiger partial charge in [0.2, 0.25) is 0 Å². The Hall–Kier alpha value is -1.52. The van der Waals surface area contributed by atoms with Crippen LogP contribution in [-0.4, -0.2) is 22.1 Å². The van der Waals surface area contributed by atoms with Crippen molar-refractivity contribution >= 4 is 11.7 Å². The number of rotatable bonds is 4. The first-order chi connectivity index (χ1) is 7.47. The first-order valence-corrected chi connectivity index (χ1v) is 5.58. The molecule has 1 heterocycles. The highest BCUT2D eigenvalue weighted by molar-refractivity contribution is 5.99. The van der Waals surface area contributed by atoms with Crippen LogP contribution < -0.4 is 11.1 Å². The molecule has 4 N–H and O–H groups in total. The van der Waals surface area contributed by atoms with Crippen LogP contribution in [0.5, 0.6) is 0 Å². The molecular formula is C11H20N4O. The Morgan fingerprint density at radius 2 is 2.19 bits per heavy atom. The first kappa shape index (κ1) is 12.5. The summed E-state index contributed by atoms with van der Waals surface area (Å²) < 4.78 is 0. The Morgan fingerprint density at radius 1 is 1.56 bits per heavy atom. The molecule has 0 saturated carbocycles. The molecule has 5 heteroatoms. The topological polar surface area (TPSA) is 83.8 Å². The van der Waals surface area contributed by atoms with Crippen LogP contribution in [0.4, 0.5) is 5.82 Å². The third-order valence-corrected chi connectivity index (χ3v) is 3.06. The second-order valence-corrected chi connectivity index (χ2v) is 4.26. The third kappa shape index (κ3) is 2.53. The van der Waals surface area contributed by atoms with Gasteiger partial charge in [-0.2, -0.15) is 5.10 Å². The number of anilines is 1. The van der Waals surface area contributed by atoms with Gasteiger partial charge >= 0.3 is 0 Å². The molecule has 1 rings (SSSR count). The van der Waals surface area contributed by atoms with Gasteiger partial charge in [-0.3, -0.25) is 9.89 Å². The number of nitrogen functional groups attached to an aromatic ring is 1. The summed E-state index contributed by atoms with van der Waals surface area (Å²) in [6.07, 6.45) is 1.03. The van der Waals surface area contributed by atoms with Crippen LogP contribution in [-0.2, 0) is 0 Å². The van der Waals surface area contributed by atoms with Crippen molar-refractivity contribution in [2.24, 2.45) is 5.92 Å². The van der Waals surface area contributed by atoms with Crippen LogP contribution in [0.3, 0.4) is 0 Å². The van der Waals surface area contributed by atoms with E-state index in [1.807, 2.05) is 6.92 Å². The molecule has 0 aliphatic rings. The van der Waals surface area contributed by atoms with E-state index in [2.05, 4.69) is 29.4 Å². The number of aromatic amines is 1. The number of nitrogens with two attached hydrogens (primary N) is 1. The summed E-state index contributed by atoms with van der Waals surface area (Å²) in [4.78, 5) is 11.9. The number of hydrogen-bond acceptors (Lipinski definition) is 3. The van der Waals surface area contributed by atoms with Crippen molar-refractivity contribution in [3.8, 4) is 0 Å². The zero-order valence-electron chi connectivity index (χ0n) is 10.3. The molecule has 0 saturated heterocycles. The van der Waals surface area contributed by atoms with Crippen molar-refractivity contribution in [1.82, 2.24) is 15.5 Å². The van der Waals surface area contributed by atoms with E-state index in [0.29, 0.717) is 17.2 Å². The van der Waals surface area contributed by atoms with E-state index in [-0.39, 0.29) is 17.8 Å². The predicted octanol–water partition coefficient (Wildman–Crippen LogP) is 1.46. The van der Waals surface area contributed by atoms with Gasteiger partial charge < -0.3 is 11.1 Å². The zero-order valence-corrected chi connectivity index (χ0v) is 10.3. The summed E-state index contributed by atoms with van der Waals surface area (Å²) >= 11 is 0. The summed E-state index contributed by atoms with van der Waals surface area (Å²) in [5, 5.41) is 9.44. The number of aryl methyl sites for hydroxylation is 1. The monoisotopic (exact) mass is 224 g/mol. The highest BCUT2D eigenvalue weighted by Gasteiger charge is 2.19. The van der Waals surface area contributed by atoms with E-state index < -0.39 is 0 Å². The fourth-order valence-corrected chi connectivity index (χ4v) is 1.51. The minimum Gasteiger partial charge on any atom is -0.382 e. The van der Waals surface area contributed by atoms with Crippen LogP contribution in [0.1, 0.15) is 43.2 Å². The second kappa shape index (κ2) is 5.01. The molecular weight excluding hydrogens is 204 g/mol. The van der Waals surface area contributed by atoms with E-state index in [0.717, 1.165) is 6.42 Å². The van der Waals surface area contributed by atoms with Crippen molar-refractivity contribution in [3.63, 3.8) is 0 Å². The van der Waals surface area contributed by atoms with Crippen LogP contribution in [0.15, 0.2) is 0 Å². The minimum absolute atomic E-state index is 0.131. The molecule has 90 valence electrons. The fourth-order valence-electron chi connectivity index (χ4n) is 1.51. The Morgan fingerprint density at radius 3 is 2.62 bits per heavy atom. The van der Waals surface area contributed by atoms with Gasteiger partial charge in [0.1, 0.15) is 5.56 Å². The third-order valence-electron chi connectivity index (χ3n) is 3.06. The van der Waals surface area contributed by atoms with E-state index in [1.54, 1.807) is 6.92 Å². The molecule has 0 bridgehead atoms. The lowest BCUT2D eigenvalue weighted by molar-refractivity contribution is 0.0928. The largest absolute Gasteiger partial charge is 0.382 e. The maximum Gasteiger partial charge on any atom is 0.257 e. The fraction of sp³-hybridized carbons (Fsp3) is 0.636. The first-order valence-electron chi connectivity index (χ1n) is 5.58. The predicted molar refractivity (Wildman–Crippen MR) is 64.1 cm³/mol. The number of aromatic nitrogens is 2. The van der Waals surface area contributed by atoms with Crippen LogP contribution in [0.2, 0.25) is 0 Å². The number of hydrogen-bond donors (Lipinski definition) is 3. The van der Waals surface area contributed by atoms with Gasteiger partial charge in [0.15, 0.2) is 5.82 Å². The van der Waals surface area contributed by atoms with Gasteiger partial charge in [0, 0.05) is 11.7 Å². The average molecular weight is 224 g/mol. The molecule has 1 aromatic rings. The van der Waals surface area contributed by atoms with Crippen molar-refractivity contribution < 1.29 is 4.79 Å². The van der Waals surface area contributed by atoms with Crippen LogP contribution in [0, 0.1) is 12.8 Å². The van der Waals surface area contributed by atoms with E-state index in [4.69, 9.17) is 5.73 Å². The van der Waals surface area contributed by atoms with E-state index in [1.165, 1.54) is 0 Å². The standard InChI is InChI=1S/C11H20N4O/c1-5-6(2)7(3)13-11(16)9-8(4)14-15-10(9)12/h6-7H,5H2,1-4H3,(H,13,16)(H3,12,14,15). The quantitative estimate of drug-likeness (QED) is 0.724. The van der Waals surface area contributed by atoms with Crippen molar-refractivity contribution in [3.05, 3.63) is 11.3 Å². The number of amides is 1. The Kier molecular flexibility index (Phi) is 3.93. The Labute approximate surface area is 95.8 Å². The van der Waals surface area contributed by atoms with Gasteiger partial charge in [-0.15, -0.1) is 0 Å². The van der Waals surface area contributed by atoms with Gasteiger partial charge in [0.25, 0.3) is 5.91 Å². The summed E-state index contributed by atoms with van der Waals surface area (Å²) in [5.74, 6) is 0.542. The maximum atomic E-state index is 11.9. The maximum absolute atomic E-state index is 11.9. The molecule has 0 fully saturated rings. The lowest BCUT2D eigenvalue weighted by Crippen LogP contribution is -2.37. The molecule has 1 aromatic heterocycles. The average Bonchev–Trinajstić information content (AvgIpc) is 2.57. The number of nitrogens with one attached hydrogen (secondary N) is 2. The van der Waals surface area contributed by atoms with E-state index >= 15 is 0 Å². The van der Waals surface area contributed by atoms with E-state index in [9.17, 15) is 4.79 Å². The van der Waals surface area contributed by atoms with Crippen molar-refractivity contribution in [2.45, 2.75) is 40.2 Å². The molecule has 1 amide bonds. The molecule has 5 nitrogen and oxygen atoms in total. The molecule has 2 atom stereocenters. The van der Waals surface area contributed by atoms with Gasteiger partial charge in [0.05, 0.1) is 0 Å².